The normalized spacial score (nSPS) is 11.5. The predicted octanol–water partition coefficient (Wildman–Crippen LogP) is 5.38. The lowest BCUT2D eigenvalue weighted by Gasteiger charge is -2.13. The lowest BCUT2D eigenvalue weighted by molar-refractivity contribution is -0.138. The molecule has 21 heavy (non-hydrogen) atoms. The summed E-state index contributed by atoms with van der Waals surface area (Å²) in [5.41, 5.74) is -1.61. The summed E-state index contributed by atoms with van der Waals surface area (Å²) in [4.78, 5) is 10.9. The highest BCUT2D eigenvalue weighted by molar-refractivity contribution is 6.35. The van der Waals surface area contributed by atoms with E-state index in [2.05, 4.69) is 0 Å². The van der Waals surface area contributed by atoms with Gasteiger partial charge >= 0.3 is 12.1 Å². The van der Waals surface area contributed by atoms with Crippen molar-refractivity contribution in [2.75, 3.05) is 0 Å². The smallest absolute Gasteiger partial charge is 0.417 e. The number of rotatable bonds is 2. The first-order valence-corrected chi connectivity index (χ1v) is 6.35. The number of alkyl halides is 3. The minimum absolute atomic E-state index is 0.139. The van der Waals surface area contributed by atoms with Crippen LogP contribution in [-0.4, -0.2) is 11.1 Å². The van der Waals surface area contributed by atoms with Crippen LogP contribution in [0.15, 0.2) is 36.4 Å². The fourth-order valence-corrected chi connectivity index (χ4v) is 2.25. The molecule has 0 aliphatic heterocycles. The van der Waals surface area contributed by atoms with Gasteiger partial charge in [0.15, 0.2) is 0 Å². The third-order valence-corrected chi connectivity index (χ3v) is 3.36. The van der Waals surface area contributed by atoms with Crippen LogP contribution in [0, 0.1) is 0 Å². The first kappa shape index (κ1) is 15.7. The minimum atomic E-state index is -4.78. The number of hydrogen-bond acceptors (Lipinski definition) is 1. The molecule has 0 heterocycles. The molecule has 2 aromatic carbocycles. The van der Waals surface area contributed by atoms with Gasteiger partial charge in [-0.1, -0.05) is 29.3 Å². The molecule has 0 saturated carbocycles. The van der Waals surface area contributed by atoms with Crippen molar-refractivity contribution in [3.63, 3.8) is 0 Å². The number of aromatic carboxylic acids is 1. The molecule has 0 aliphatic rings. The SMILES string of the molecule is O=C(O)c1ccc(-c2cc(Cl)ccc2Cl)cc1C(F)(F)F. The lowest BCUT2D eigenvalue weighted by Crippen LogP contribution is -2.13. The Morgan fingerprint density at radius 3 is 2.29 bits per heavy atom. The van der Waals surface area contributed by atoms with Gasteiger partial charge in [0.1, 0.15) is 0 Å². The first-order chi connectivity index (χ1) is 9.70. The van der Waals surface area contributed by atoms with Gasteiger partial charge in [0.25, 0.3) is 0 Å². The minimum Gasteiger partial charge on any atom is -0.478 e. The Hall–Kier alpha value is -1.72. The Labute approximate surface area is 127 Å². The highest BCUT2D eigenvalue weighted by Gasteiger charge is 2.35. The van der Waals surface area contributed by atoms with Crippen molar-refractivity contribution in [2.45, 2.75) is 6.18 Å². The molecule has 2 nitrogen and oxygen atoms in total. The Bertz CT molecular complexity index is 712. The van der Waals surface area contributed by atoms with E-state index in [1.807, 2.05) is 0 Å². The molecule has 7 heteroatoms. The molecule has 1 N–H and O–H groups in total. The lowest BCUT2D eigenvalue weighted by atomic mass is 9.98. The van der Waals surface area contributed by atoms with Crippen molar-refractivity contribution in [3.05, 3.63) is 57.6 Å². The molecular weight excluding hydrogens is 328 g/mol. The molecule has 0 aromatic heterocycles. The largest absolute Gasteiger partial charge is 0.478 e. The van der Waals surface area contributed by atoms with Crippen LogP contribution in [0.3, 0.4) is 0 Å². The van der Waals surface area contributed by atoms with Gasteiger partial charge in [-0.3, -0.25) is 0 Å². The summed E-state index contributed by atoms with van der Waals surface area (Å²) in [6.07, 6.45) is -4.78. The van der Waals surface area contributed by atoms with Crippen LogP contribution < -0.4 is 0 Å². The maximum Gasteiger partial charge on any atom is 0.417 e. The van der Waals surface area contributed by atoms with Crippen LogP contribution in [0.4, 0.5) is 13.2 Å². The van der Waals surface area contributed by atoms with Crippen LogP contribution >= 0.6 is 23.2 Å². The monoisotopic (exact) mass is 334 g/mol. The molecule has 0 unspecified atom stereocenters. The molecule has 0 atom stereocenters. The Kier molecular flexibility index (Phi) is 4.16. The van der Waals surface area contributed by atoms with E-state index >= 15 is 0 Å². The topological polar surface area (TPSA) is 37.3 Å². The molecule has 2 rings (SSSR count). The van der Waals surface area contributed by atoms with Gasteiger partial charge in [-0.05, 0) is 35.9 Å². The fraction of sp³-hybridized carbons (Fsp3) is 0.0714. The maximum absolute atomic E-state index is 13.0. The molecule has 110 valence electrons. The fourth-order valence-electron chi connectivity index (χ4n) is 1.85. The van der Waals surface area contributed by atoms with Gasteiger partial charge in [-0.25, -0.2) is 4.79 Å². The summed E-state index contributed by atoms with van der Waals surface area (Å²) in [7, 11) is 0. The van der Waals surface area contributed by atoms with E-state index in [1.54, 1.807) is 0 Å². The van der Waals surface area contributed by atoms with Gasteiger partial charge < -0.3 is 5.11 Å². The third-order valence-electron chi connectivity index (χ3n) is 2.79. The Morgan fingerprint density at radius 1 is 1.05 bits per heavy atom. The van der Waals surface area contributed by atoms with Crippen molar-refractivity contribution in [2.24, 2.45) is 0 Å². The van der Waals surface area contributed by atoms with Gasteiger partial charge in [-0.15, -0.1) is 0 Å². The van der Waals surface area contributed by atoms with Gasteiger partial charge in [-0.2, -0.15) is 13.2 Å². The highest BCUT2D eigenvalue weighted by Crippen LogP contribution is 2.37. The van der Waals surface area contributed by atoms with Crippen LogP contribution in [0.2, 0.25) is 10.0 Å². The van der Waals surface area contributed by atoms with Gasteiger partial charge in [0.05, 0.1) is 11.1 Å². The number of carboxylic acid groups (broad SMARTS) is 1. The molecule has 0 bridgehead atoms. The number of hydrogen-bond donors (Lipinski definition) is 1. The Balaban J connectivity index is 2.67. The maximum atomic E-state index is 13.0. The number of benzene rings is 2. The van der Waals surface area contributed by atoms with Gasteiger partial charge in [0.2, 0.25) is 0 Å². The predicted molar refractivity (Wildman–Crippen MR) is 73.9 cm³/mol. The third kappa shape index (κ3) is 3.31. The quantitative estimate of drug-likeness (QED) is 0.800. The number of carboxylic acids is 1. The number of carbonyl (C=O) groups is 1. The summed E-state index contributed by atoms with van der Waals surface area (Å²) >= 11 is 11.7. The van der Waals surface area contributed by atoms with E-state index in [1.165, 1.54) is 24.3 Å². The summed E-state index contributed by atoms with van der Waals surface area (Å²) in [5.74, 6) is -1.65. The van der Waals surface area contributed by atoms with Crippen LogP contribution in [0.25, 0.3) is 11.1 Å². The summed E-state index contributed by atoms with van der Waals surface area (Å²) in [6, 6.07) is 7.29. The van der Waals surface area contributed by atoms with E-state index in [4.69, 9.17) is 28.3 Å². The number of halogens is 5. The summed E-state index contributed by atoms with van der Waals surface area (Å²) in [5, 5.41) is 9.37. The molecule has 0 spiro atoms. The highest BCUT2D eigenvalue weighted by atomic mass is 35.5. The first-order valence-electron chi connectivity index (χ1n) is 5.60. The van der Waals surface area contributed by atoms with Crippen molar-refractivity contribution < 1.29 is 23.1 Å². The second-order valence-corrected chi connectivity index (χ2v) is 5.03. The van der Waals surface area contributed by atoms with Crippen molar-refractivity contribution in [3.8, 4) is 11.1 Å². The van der Waals surface area contributed by atoms with E-state index in [9.17, 15) is 18.0 Å². The van der Waals surface area contributed by atoms with Crippen LogP contribution in [0.5, 0.6) is 0 Å². The zero-order valence-corrected chi connectivity index (χ0v) is 11.7. The van der Waals surface area contributed by atoms with E-state index in [0.29, 0.717) is 10.6 Å². The average Bonchev–Trinajstić information content (AvgIpc) is 2.40. The zero-order valence-electron chi connectivity index (χ0n) is 10.2. The summed E-state index contributed by atoms with van der Waals surface area (Å²) in [6.45, 7) is 0. The molecule has 0 fully saturated rings. The molecule has 0 aliphatic carbocycles. The molecule has 0 saturated heterocycles. The second kappa shape index (κ2) is 5.58. The van der Waals surface area contributed by atoms with E-state index in [0.717, 1.165) is 12.1 Å². The summed E-state index contributed by atoms with van der Waals surface area (Å²) < 4.78 is 38.9. The zero-order chi connectivity index (χ0) is 15.8. The van der Waals surface area contributed by atoms with Crippen LogP contribution in [-0.2, 0) is 6.18 Å². The molecular formula is C14H7Cl2F3O2. The molecule has 2 aromatic rings. The van der Waals surface area contributed by atoms with Gasteiger partial charge in [0, 0.05) is 15.6 Å². The standard InChI is InChI=1S/C14H7Cl2F3O2/c15-8-2-4-12(16)10(6-8)7-1-3-9(13(20)21)11(5-7)14(17,18)19/h1-6H,(H,20,21). The average molecular weight is 335 g/mol. The molecule has 0 radical (unpaired) electrons. The molecule has 0 amide bonds. The van der Waals surface area contributed by atoms with Crippen LogP contribution in [0.1, 0.15) is 15.9 Å². The van der Waals surface area contributed by atoms with E-state index < -0.39 is 23.3 Å². The second-order valence-electron chi connectivity index (χ2n) is 4.19. The van der Waals surface area contributed by atoms with Crippen molar-refractivity contribution in [1.82, 2.24) is 0 Å². The van der Waals surface area contributed by atoms with E-state index in [-0.39, 0.29) is 10.6 Å². The van der Waals surface area contributed by atoms with Crippen molar-refractivity contribution >= 4 is 29.2 Å². The van der Waals surface area contributed by atoms with Crippen molar-refractivity contribution in [1.29, 1.82) is 0 Å². The Morgan fingerprint density at radius 2 is 1.71 bits per heavy atom.